The monoisotopic (exact) mass is 1130 g/mol. The molecule has 1 rings (SSSR count). The van der Waals surface area contributed by atoms with Crippen molar-refractivity contribution in [3.8, 4) is 0 Å². The van der Waals surface area contributed by atoms with Gasteiger partial charge in [0.1, 0.15) is 24.4 Å². The van der Waals surface area contributed by atoms with Gasteiger partial charge in [-0.05, 0) is 77.6 Å². The van der Waals surface area contributed by atoms with Crippen LogP contribution in [-0.2, 0) is 23.8 Å². The zero-order chi connectivity index (χ0) is 58.0. The van der Waals surface area contributed by atoms with E-state index in [9.17, 15) is 35.1 Å². The fraction of sp³-hybridized carbons (Fsp3) is 0.855. The van der Waals surface area contributed by atoms with Crippen LogP contribution in [0.5, 0.6) is 0 Å². The van der Waals surface area contributed by atoms with E-state index in [0.29, 0.717) is 19.4 Å². The van der Waals surface area contributed by atoms with E-state index in [0.717, 1.165) is 57.8 Å². The van der Waals surface area contributed by atoms with Gasteiger partial charge in [-0.3, -0.25) is 9.59 Å². The molecule has 0 radical (unpaired) electrons. The molecule has 80 heavy (non-hydrogen) atoms. The number of unbranched alkanes of at least 4 members (excludes halogenated alkanes) is 40. The number of carbonyl (C=O) groups is 2. The maximum absolute atomic E-state index is 13.0. The van der Waals surface area contributed by atoms with E-state index in [2.05, 4.69) is 42.6 Å². The molecule has 468 valence electrons. The van der Waals surface area contributed by atoms with Gasteiger partial charge in [-0.2, -0.15) is 0 Å². The molecule has 7 atom stereocenters. The smallest absolute Gasteiger partial charge is 0.305 e. The lowest BCUT2D eigenvalue weighted by atomic mass is 9.99. The van der Waals surface area contributed by atoms with E-state index in [1.54, 1.807) is 6.08 Å². The molecular weight excluding hydrogens is 1000 g/mol. The number of esters is 1. The molecule has 1 saturated heterocycles. The minimum Gasteiger partial charge on any atom is -0.466 e. The van der Waals surface area contributed by atoms with Crippen molar-refractivity contribution in [1.29, 1.82) is 0 Å². The number of nitrogens with one attached hydrogen (secondary N) is 1. The predicted molar refractivity (Wildman–Crippen MR) is 334 cm³/mol. The van der Waals surface area contributed by atoms with E-state index in [4.69, 9.17) is 14.2 Å². The van der Waals surface area contributed by atoms with Crippen LogP contribution in [0.15, 0.2) is 48.6 Å². The van der Waals surface area contributed by atoms with Gasteiger partial charge in [0.05, 0.1) is 32.0 Å². The number of aliphatic hydroxyl groups excluding tert-OH is 5. The van der Waals surface area contributed by atoms with Gasteiger partial charge in [-0.15, -0.1) is 0 Å². The summed E-state index contributed by atoms with van der Waals surface area (Å²) in [5.74, 6) is -0.188. The Morgan fingerprint density at radius 3 is 1.31 bits per heavy atom. The van der Waals surface area contributed by atoms with Gasteiger partial charge >= 0.3 is 5.97 Å². The number of hydrogen-bond donors (Lipinski definition) is 6. The van der Waals surface area contributed by atoms with Crippen LogP contribution in [0.4, 0.5) is 0 Å². The van der Waals surface area contributed by atoms with Crippen molar-refractivity contribution in [3.63, 3.8) is 0 Å². The van der Waals surface area contributed by atoms with Crippen molar-refractivity contribution < 1.29 is 49.3 Å². The van der Waals surface area contributed by atoms with E-state index < -0.39 is 49.5 Å². The number of carbonyl (C=O) groups excluding carboxylic acids is 2. The third kappa shape index (κ3) is 47.0. The van der Waals surface area contributed by atoms with Crippen molar-refractivity contribution >= 4 is 11.9 Å². The first-order chi connectivity index (χ1) is 39.2. The maximum Gasteiger partial charge on any atom is 0.305 e. The average Bonchev–Trinajstić information content (AvgIpc) is 3.45. The van der Waals surface area contributed by atoms with Gasteiger partial charge in [0.25, 0.3) is 0 Å². The highest BCUT2D eigenvalue weighted by atomic mass is 16.7. The maximum atomic E-state index is 13.0. The largest absolute Gasteiger partial charge is 0.466 e. The molecule has 11 heteroatoms. The van der Waals surface area contributed by atoms with Gasteiger partial charge in [-0.25, -0.2) is 0 Å². The van der Waals surface area contributed by atoms with Crippen LogP contribution in [-0.4, -0.2) is 100 Å². The van der Waals surface area contributed by atoms with Gasteiger partial charge < -0.3 is 45.1 Å². The normalized spacial score (nSPS) is 18.6. The van der Waals surface area contributed by atoms with Crippen LogP contribution in [0, 0.1) is 0 Å². The molecular formula is C69H127NO10. The number of rotatable bonds is 59. The minimum absolute atomic E-state index is 0.00976. The van der Waals surface area contributed by atoms with Crippen LogP contribution in [0.1, 0.15) is 316 Å². The Balaban J connectivity index is 1.93. The Morgan fingerprint density at radius 2 is 0.863 bits per heavy atom. The highest BCUT2D eigenvalue weighted by molar-refractivity contribution is 5.76. The van der Waals surface area contributed by atoms with Gasteiger partial charge in [-0.1, -0.05) is 274 Å². The Bertz CT molecular complexity index is 1470. The molecule has 0 bridgehead atoms. The molecule has 6 N–H and O–H groups in total. The van der Waals surface area contributed by atoms with Gasteiger partial charge in [0, 0.05) is 12.8 Å². The van der Waals surface area contributed by atoms with E-state index >= 15 is 0 Å². The number of allylic oxidation sites excluding steroid dienone is 7. The zero-order valence-corrected chi connectivity index (χ0v) is 51.8. The first-order valence-electron chi connectivity index (χ1n) is 33.9. The van der Waals surface area contributed by atoms with Crippen molar-refractivity contribution in [2.45, 2.75) is 358 Å². The summed E-state index contributed by atoms with van der Waals surface area (Å²) in [7, 11) is 0. The van der Waals surface area contributed by atoms with Crippen molar-refractivity contribution in [2.24, 2.45) is 0 Å². The fourth-order valence-electron chi connectivity index (χ4n) is 10.6. The molecule has 0 spiro atoms. The molecule has 0 saturated carbocycles. The number of ether oxygens (including phenoxy) is 3. The molecule has 0 aromatic carbocycles. The van der Waals surface area contributed by atoms with Crippen molar-refractivity contribution in [1.82, 2.24) is 5.32 Å². The average molecular weight is 1130 g/mol. The fourth-order valence-corrected chi connectivity index (χ4v) is 10.6. The molecule has 0 aromatic heterocycles. The number of aliphatic hydroxyl groups is 5. The Labute approximate surface area is 491 Å². The van der Waals surface area contributed by atoms with Crippen LogP contribution in [0.25, 0.3) is 0 Å². The molecule has 1 aliphatic rings. The second-order valence-electron chi connectivity index (χ2n) is 23.5. The summed E-state index contributed by atoms with van der Waals surface area (Å²) in [6.45, 7) is 4.11. The molecule has 0 aromatic rings. The van der Waals surface area contributed by atoms with E-state index in [1.165, 1.54) is 231 Å². The first kappa shape index (κ1) is 75.6. The van der Waals surface area contributed by atoms with Crippen LogP contribution >= 0.6 is 0 Å². The number of hydrogen-bond acceptors (Lipinski definition) is 10. The highest BCUT2D eigenvalue weighted by Gasteiger charge is 2.44. The van der Waals surface area contributed by atoms with Crippen LogP contribution in [0.3, 0.4) is 0 Å². The molecule has 1 amide bonds. The molecule has 1 heterocycles. The van der Waals surface area contributed by atoms with Crippen molar-refractivity contribution in [3.05, 3.63) is 48.6 Å². The minimum atomic E-state index is -1.58. The first-order valence-corrected chi connectivity index (χ1v) is 33.9. The molecule has 1 aliphatic heterocycles. The van der Waals surface area contributed by atoms with E-state index in [1.807, 2.05) is 19.1 Å². The lowest BCUT2D eigenvalue weighted by Gasteiger charge is -2.40. The lowest BCUT2D eigenvalue weighted by molar-refractivity contribution is -0.302. The third-order valence-electron chi connectivity index (χ3n) is 16.0. The zero-order valence-electron chi connectivity index (χ0n) is 51.8. The summed E-state index contributed by atoms with van der Waals surface area (Å²) in [6, 6.07) is -0.832. The lowest BCUT2D eigenvalue weighted by Crippen LogP contribution is -2.60. The Morgan fingerprint density at radius 1 is 0.475 bits per heavy atom. The van der Waals surface area contributed by atoms with Crippen LogP contribution < -0.4 is 5.32 Å². The quantitative estimate of drug-likeness (QED) is 0.0195. The molecule has 1 fully saturated rings. The van der Waals surface area contributed by atoms with Crippen molar-refractivity contribution in [2.75, 3.05) is 19.8 Å². The molecule has 11 nitrogen and oxygen atoms in total. The van der Waals surface area contributed by atoms with Crippen LogP contribution in [0.2, 0.25) is 0 Å². The summed E-state index contributed by atoms with van der Waals surface area (Å²) in [6.07, 6.45) is 65.7. The third-order valence-corrected chi connectivity index (χ3v) is 16.0. The Hall–Kier alpha value is -2.38. The summed E-state index contributed by atoms with van der Waals surface area (Å²) in [5, 5.41) is 54.2. The van der Waals surface area contributed by atoms with E-state index in [-0.39, 0.29) is 18.5 Å². The summed E-state index contributed by atoms with van der Waals surface area (Å²) < 4.78 is 16.7. The number of amides is 1. The Kier molecular flexibility index (Phi) is 55.2. The topological polar surface area (TPSA) is 175 Å². The summed E-state index contributed by atoms with van der Waals surface area (Å²) in [4.78, 5) is 25.0. The highest BCUT2D eigenvalue weighted by Crippen LogP contribution is 2.23. The summed E-state index contributed by atoms with van der Waals surface area (Å²) in [5.41, 5.74) is 0. The predicted octanol–water partition coefficient (Wildman–Crippen LogP) is 16.8. The van der Waals surface area contributed by atoms with Gasteiger partial charge in [0.2, 0.25) is 5.91 Å². The standard InChI is InChI=1S/C69H127NO10/c1-3-5-7-9-11-13-14-33-37-41-45-49-53-57-65(74)78-58-54-50-46-42-38-35-32-30-28-26-24-22-20-18-16-15-17-19-21-23-25-27-29-31-34-36-40-44-48-52-56-64(73)70-61(62(72)55-51-47-43-39-12-10-8-6-4-2)60-79-69-68(77)67(76)66(75)63(59-71)80-69/h4,6,12,16,18,39,51,55,61-63,66-69,71-72,75-77H,3,5,7-11,13-15,17,19-38,40-50,52-54,56-60H2,1-2H3,(H,70,73)/b6-4+,18-16-,39-12+,55-51+. The SMILES string of the molecule is C/C=C/CC/C=C/CC/C=C/C(O)C(COC1OC(CO)C(O)C(O)C1O)NC(=O)CCCCCCCCCCCCCCCC/C=C\CCCCCCCCCCCCCCOC(=O)CCCCCCCCCCCCCCC. The second kappa shape index (κ2) is 58.4. The second-order valence-corrected chi connectivity index (χ2v) is 23.5. The molecule has 0 aliphatic carbocycles. The molecule has 7 unspecified atom stereocenters. The summed E-state index contributed by atoms with van der Waals surface area (Å²) >= 11 is 0. The van der Waals surface area contributed by atoms with Gasteiger partial charge in [0.15, 0.2) is 6.29 Å².